The number of alkyl halides is 3. The number of nitrogens with one attached hydrogen (secondary N) is 2. The van der Waals surface area contributed by atoms with Crippen LogP contribution in [0.2, 0.25) is 0 Å². The molecule has 30 heavy (non-hydrogen) atoms. The molecule has 4 aromatic rings. The van der Waals surface area contributed by atoms with Gasteiger partial charge in [-0.3, -0.25) is 0 Å². The van der Waals surface area contributed by atoms with E-state index in [4.69, 9.17) is 0 Å². The Balaban J connectivity index is 1.47. The number of nitrogens with zero attached hydrogens (tertiary/aromatic N) is 2. The summed E-state index contributed by atoms with van der Waals surface area (Å²) in [6, 6.07) is 13.4. The highest BCUT2D eigenvalue weighted by Gasteiger charge is 2.32. The molecule has 2 aromatic carbocycles. The van der Waals surface area contributed by atoms with E-state index in [1.165, 1.54) is 35.9 Å². The highest BCUT2D eigenvalue weighted by atomic mass is 32.1. The predicted octanol–water partition coefficient (Wildman–Crippen LogP) is 5.90. The van der Waals surface area contributed by atoms with Crippen molar-refractivity contribution in [2.45, 2.75) is 6.36 Å². The Hall–Kier alpha value is -3.66. The highest BCUT2D eigenvalue weighted by Crippen LogP contribution is 2.31. The largest absolute Gasteiger partial charge is 0.573 e. The zero-order chi connectivity index (χ0) is 21.1. The van der Waals surface area contributed by atoms with Crippen LogP contribution in [0.1, 0.15) is 0 Å². The molecule has 2 heterocycles. The second-order valence-electron chi connectivity index (χ2n) is 6.06. The summed E-state index contributed by atoms with van der Waals surface area (Å²) in [5, 5.41) is 6.86. The van der Waals surface area contributed by atoms with Gasteiger partial charge in [0.15, 0.2) is 5.75 Å². The minimum atomic E-state index is -4.86. The third kappa shape index (κ3) is 4.49. The van der Waals surface area contributed by atoms with Gasteiger partial charge < -0.3 is 15.4 Å². The predicted molar refractivity (Wildman–Crippen MR) is 109 cm³/mol. The van der Waals surface area contributed by atoms with Crippen molar-refractivity contribution in [2.75, 3.05) is 10.6 Å². The lowest BCUT2D eigenvalue weighted by atomic mass is 10.1. The number of halogens is 3. The quantitative estimate of drug-likeness (QED) is 0.423. The molecule has 152 valence electrons. The van der Waals surface area contributed by atoms with Gasteiger partial charge in [0.25, 0.3) is 0 Å². The number of carbonyl (C=O) groups excluding carboxylic acids is 1. The molecule has 0 saturated heterocycles. The van der Waals surface area contributed by atoms with Crippen LogP contribution in [0.3, 0.4) is 0 Å². The van der Waals surface area contributed by atoms with Gasteiger partial charge in [0, 0.05) is 11.3 Å². The summed E-state index contributed by atoms with van der Waals surface area (Å²) in [7, 11) is 0. The first-order valence-corrected chi connectivity index (χ1v) is 9.48. The molecular weight excluding hydrogens is 417 g/mol. The second kappa shape index (κ2) is 7.99. The van der Waals surface area contributed by atoms with Crippen molar-refractivity contribution >= 4 is 39.0 Å². The van der Waals surface area contributed by atoms with Gasteiger partial charge in [0.05, 0.1) is 21.6 Å². The molecule has 6 nitrogen and oxygen atoms in total. The standard InChI is InChI=1S/C20H13F3N4O2S/c21-20(22,23)29-16-4-2-1-3-14(16)27-19(28)26-13-7-5-12(6-8-13)17-18-15(9-10-30-18)24-11-25-17/h1-11H,(H2,26,27,28). The van der Waals surface area contributed by atoms with Crippen LogP contribution in [0.5, 0.6) is 5.75 Å². The van der Waals surface area contributed by atoms with E-state index >= 15 is 0 Å². The number of carbonyl (C=O) groups is 1. The van der Waals surface area contributed by atoms with Crippen LogP contribution in [0.25, 0.3) is 21.5 Å². The fraction of sp³-hybridized carbons (Fsp3) is 0.0500. The zero-order valence-corrected chi connectivity index (χ0v) is 15.9. The van der Waals surface area contributed by atoms with E-state index in [0.29, 0.717) is 5.69 Å². The Labute approximate surface area is 172 Å². The second-order valence-corrected chi connectivity index (χ2v) is 6.97. The first-order chi connectivity index (χ1) is 14.4. The normalized spacial score (nSPS) is 11.3. The molecule has 0 aliphatic carbocycles. The maximum Gasteiger partial charge on any atom is 0.573 e. The number of anilines is 2. The summed E-state index contributed by atoms with van der Waals surface area (Å²) < 4.78 is 42.4. The van der Waals surface area contributed by atoms with Crippen molar-refractivity contribution in [3.63, 3.8) is 0 Å². The van der Waals surface area contributed by atoms with Crippen molar-refractivity contribution in [1.82, 2.24) is 9.97 Å². The SMILES string of the molecule is O=C(Nc1ccc(-c2ncnc3ccsc23)cc1)Nc1ccccc1OC(F)(F)F. The number of hydrogen-bond donors (Lipinski definition) is 2. The number of amides is 2. The van der Waals surface area contributed by atoms with Crippen LogP contribution in [-0.2, 0) is 0 Å². The molecule has 0 bridgehead atoms. The number of thiophene rings is 1. The Morgan fingerprint density at radius 2 is 1.73 bits per heavy atom. The zero-order valence-electron chi connectivity index (χ0n) is 15.1. The van der Waals surface area contributed by atoms with Gasteiger partial charge in [-0.1, -0.05) is 24.3 Å². The topological polar surface area (TPSA) is 76.1 Å². The van der Waals surface area contributed by atoms with Crippen LogP contribution < -0.4 is 15.4 Å². The molecule has 0 unspecified atom stereocenters. The smallest absolute Gasteiger partial charge is 0.404 e. The molecule has 0 aliphatic rings. The van der Waals surface area contributed by atoms with Gasteiger partial charge in [-0.25, -0.2) is 14.8 Å². The summed E-state index contributed by atoms with van der Waals surface area (Å²) in [6.45, 7) is 0. The lowest BCUT2D eigenvalue weighted by Crippen LogP contribution is -2.22. The van der Waals surface area contributed by atoms with Crippen molar-refractivity contribution in [3.05, 3.63) is 66.3 Å². The molecule has 0 radical (unpaired) electrons. The van der Waals surface area contributed by atoms with Gasteiger partial charge in [0.1, 0.15) is 6.33 Å². The summed E-state index contributed by atoms with van der Waals surface area (Å²) in [6.07, 6.45) is -3.37. The molecule has 0 atom stereocenters. The average Bonchev–Trinajstić information content (AvgIpc) is 3.18. The molecule has 0 spiro atoms. The number of urea groups is 1. The van der Waals surface area contributed by atoms with E-state index < -0.39 is 18.1 Å². The van der Waals surface area contributed by atoms with E-state index in [1.807, 2.05) is 11.4 Å². The Morgan fingerprint density at radius 3 is 2.50 bits per heavy atom. The molecule has 2 amide bonds. The fourth-order valence-electron chi connectivity index (χ4n) is 2.77. The molecule has 2 aromatic heterocycles. The summed E-state index contributed by atoms with van der Waals surface area (Å²) in [4.78, 5) is 20.8. The molecule has 2 N–H and O–H groups in total. The summed E-state index contributed by atoms with van der Waals surface area (Å²) in [5.41, 5.74) is 2.84. The molecule has 0 fully saturated rings. The van der Waals surface area contributed by atoms with Gasteiger partial charge in [-0.15, -0.1) is 24.5 Å². The minimum Gasteiger partial charge on any atom is -0.404 e. The van der Waals surface area contributed by atoms with E-state index in [1.54, 1.807) is 24.3 Å². The Kier molecular flexibility index (Phi) is 5.23. The molecule has 0 saturated carbocycles. The van der Waals surface area contributed by atoms with Crippen LogP contribution in [0.4, 0.5) is 29.3 Å². The van der Waals surface area contributed by atoms with Gasteiger partial charge in [-0.2, -0.15) is 0 Å². The van der Waals surface area contributed by atoms with E-state index in [0.717, 1.165) is 27.5 Å². The fourth-order valence-corrected chi connectivity index (χ4v) is 3.63. The first-order valence-electron chi connectivity index (χ1n) is 8.60. The number of benzene rings is 2. The summed E-state index contributed by atoms with van der Waals surface area (Å²) >= 11 is 1.53. The van der Waals surface area contributed by atoms with Gasteiger partial charge >= 0.3 is 12.4 Å². The van der Waals surface area contributed by atoms with Crippen molar-refractivity contribution in [1.29, 1.82) is 0 Å². The Bertz CT molecular complexity index is 1190. The van der Waals surface area contributed by atoms with Crippen LogP contribution in [-0.4, -0.2) is 22.4 Å². The number of hydrogen-bond acceptors (Lipinski definition) is 5. The lowest BCUT2D eigenvalue weighted by molar-refractivity contribution is -0.274. The lowest BCUT2D eigenvalue weighted by Gasteiger charge is -2.14. The number of ether oxygens (including phenoxy) is 1. The first kappa shape index (κ1) is 19.6. The number of rotatable bonds is 4. The van der Waals surface area contributed by atoms with Gasteiger partial charge in [0.2, 0.25) is 0 Å². The average molecular weight is 430 g/mol. The van der Waals surface area contributed by atoms with E-state index in [9.17, 15) is 18.0 Å². The van der Waals surface area contributed by atoms with Crippen molar-refractivity contribution in [3.8, 4) is 17.0 Å². The summed E-state index contributed by atoms with van der Waals surface area (Å²) in [5.74, 6) is -0.501. The number of fused-ring (bicyclic) bond motifs is 1. The van der Waals surface area contributed by atoms with Crippen LogP contribution >= 0.6 is 11.3 Å². The van der Waals surface area contributed by atoms with E-state index in [-0.39, 0.29) is 5.69 Å². The molecule has 4 rings (SSSR count). The minimum absolute atomic E-state index is 0.106. The molecule has 0 aliphatic heterocycles. The third-order valence-corrected chi connectivity index (χ3v) is 4.93. The van der Waals surface area contributed by atoms with E-state index in [2.05, 4.69) is 25.3 Å². The molecular formula is C20H13F3N4O2S. The van der Waals surface area contributed by atoms with Crippen LogP contribution in [0, 0.1) is 0 Å². The van der Waals surface area contributed by atoms with Crippen LogP contribution in [0.15, 0.2) is 66.3 Å². The van der Waals surface area contributed by atoms with Crippen molar-refractivity contribution < 1.29 is 22.7 Å². The highest BCUT2D eigenvalue weighted by molar-refractivity contribution is 7.17. The Morgan fingerprint density at radius 1 is 0.967 bits per heavy atom. The number of aromatic nitrogens is 2. The number of para-hydroxylation sites is 2. The third-order valence-electron chi connectivity index (χ3n) is 4.02. The molecule has 10 heteroatoms. The van der Waals surface area contributed by atoms with Gasteiger partial charge in [-0.05, 0) is 35.7 Å². The van der Waals surface area contributed by atoms with Crippen molar-refractivity contribution in [2.24, 2.45) is 0 Å². The monoisotopic (exact) mass is 430 g/mol. The maximum atomic E-state index is 12.5. The maximum absolute atomic E-state index is 12.5.